The number of hydrogen-bond acceptors (Lipinski definition) is 1. The second kappa shape index (κ2) is 5.43. The Balaban J connectivity index is 2.22. The average Bonchev–Trinajstić information content (AvgIpc) is 2.67. The molecule has 0 amide bonds. The molecule has 1 aliphatic carbocycles. The lowest BCUT2D eigenvalue weighted by Gasteiger charge is -2.27. The van der Waals surface area contributed by atoms with Crippen molar-refractivity contribution in [2.24, 2.45) is 5.92 Å². The van der Waals surface area contributed by atoms with Gasteiger partial charge in [0.2, 0.25) is 0 Å². The third-order valence-electron chi connectivity index (χ3n) is 2.88. The van der Waals surface area contributed by atoms with Gasteiger partial charge < -0.3 is 5.32 Å². The van der Waals surface area contributed by atoms with Crippen LogP contribution in [0.5, 0.6) is 0 Å². The maximum absolute atomic E-state index is 5.85. The molecule has 0 aromatic heterocycles. The van der Waals surface area contributed by atoms with Crippen molar-refractivity contribution in [1.29, 1.82) is 0 Å². The van der Waals surface area contributed by atoms with E-state index in [9.17, 15) is 0 Å². The Hall–Kier alpha value is 0.540. The zero-order chi connectivity index (χ0) is 9.73. The molecule has 0 radical (unpaired) electrons. The van der Waals surface area contributed by atoms with E-state index in [0.717, 1.165) is 12.5 Å². The lowest BCUT2D eigenvalue weighted by molar-refractivity contribution is 0.381. The number of nitrogens with one attached hydrogen (secondary N) is 1. The van der Waals surface area contributed by atoms with Gasteiger partial charge in [0, 0.05) is 17.3 Å². The van der Waals surface area contributed by atoms with E-state index in [4.69, 9.17) is 23.2 Å². The molecule has 0 saturated heterocycles. The Morgan fingerprint density at radius 3 is 2.23 bits per heavy atom. The fraction of sp³-hybridized carbons (Fsp3) is 1.00. The van der Waals surface area contributed by atoms with Crippen LogP contribution in [0.4, 0.5) is 0 Å². The van der Waals surface area contributed by atoms with Crippen molar-refractivity contribution in [3.8, 4) is 0 Å². The summed E-state index contributed by atoms with van der Waals surface area (Å²) in [5, 5.41) is 3.47. The van der Waals surface area contributed by atoms with E-state index in [-0.39, 0.29) is 5.54 Å². The molecule has 0 spiro atoms. The van der Waals surface area contributed by atoms with Gasteiger partial charge >= 0.3 is 0 Å². The summed E-state index contributed by atoms with van der Waals surface area (Å²) in [6, 6.07) is 0. The first-order valence-corrected chi connectivity index (χ1v) is 6.14. The smallest absolute Gasteiger partial charge is 0.0425 e. The van der Waals surface area contributed by atoms with Gasteiger partial charge in [0.15, 0.2) is 0 Å². The zero-order valence-corrected chi connectivity index (χ0v) is 9.79. The molecule has 1 saturated carbocycles. The maximum atomic E-state index is 5.85. The minimum atomic E-state index is -0.0777. The van der Waals surface area contributed by atoms with Crippen molar-refractivity contribution in [1.82, 2.24) is 5.32 Å². The number of rotatable bonds is 5. The van der Waals surface area contributed by atoms with Gasteiger partial charge in [-0.1, -0.05) is 12.8 Å². The van der Waals surface area contributed by atoms with Crippen LogP contribution in [0.3, 0.4) is 0 Å². The highest BCUT2D eigenvalue weighted by Gasteiger charge is 2.23. The van der Waals surface area contributed by atoms with E-state index in [1.807, 2.05) is 0 Å². The lowest BCUT2D eigenvalue weighted by Crippen LogP contribution is -2.47. The number of halogens is 2. The van der Waals surface area contributed by atoms with Crippen LogP contribution in [-0.2, 0) is 0 Å². The predicted molar refractivity (Wildman–Crippen MR) is 59.8 cm³/mol. The maximum Gasteiger partial charge on any atom is 0.0425 e. The van der Waals surface area contributed by atoms with Gasteiger partial charge in [-0.25, -0.2) is 0 Å². The summed E-state index contributed by atoms with van der Waals surface area (Å²) in [6.07, 6.45) is 5.52. The molecule has 0 aromatic carbocycles. The summed E-state index contributed by atoms with van der Waals surface area (Å²) < 4.78 is 0. The predicted octanol–water partition coefficient (Wildman–Crippen LogP) is 3.00. The van der Waals surface area contributed by atoms with Crippen molar-refractivity contribution >= 4 is 23.2 Å². The molecule has 0 heterocycles. The molecule has 1 fully saturated rings. The zero-order valence-electron chi connectivity index (χ0n) is 8.28. The van der Waals surface area contributed by atoms with Crippen LogP contribution in [0.15, 0.2) is 0 Å². The summed E-state index contributed by atoms with van der Waals surface area (Å²) in [6.45, 7) is 3.16. The SMILES string of the molecule is CC(CCl)(CCl)NCC1CCCC1. The Kier molecular flexibility index (Phi) is 4.85. The van der Waals surface area contributed by atoms with Gasteiger partial charge in [-0.15, -0.1) is 23.2 Å². The largest absolute Gasteiger partial charge is 0.309 e. The van der Waals surface area contributed by atoms with Gasteiger partial charge in [0.1, 0.15) is 0 Å². The van der Waals surface area contributed by atoms with Crippen LogP contribution in [0.25, 0.3) is 0 Å². The highest BCUT2D eigenvalue weighted by Crippen LogP contribution is 2.24. The highest BCUT2D eigenvalue weighted by molar-refractivity contribution is 6.22. The average molecular weight is 224 g/mol. The van der Waals surface area contributed by atoms with Crippen LogP contribution < -0.4 is 5.32 Å². The third kappa shape index (κ3) is 3.65. The molecule has 3 heteroatoms. The first-order chi connectivity index (χ1) is 6.20. The second-order valence-corrected chi connectivity index (χ2v) is 4.89. The number of alkyl halides is 2. The minimum Gasteiger partial charge on any atom is -0.309 e. The van der Waals surface area contributed by atoms with E-state index in [1.54, 1.807) is 0 Å². The summed E-state index contributed by atoms with van der Waals surface area (Å²) >= 11 is 11.7. The molecule has 1 rings (SSSR count). The fourth-order valence-electron chi connectivity index (χ4n) is 1.74. The van der Waals surface area contributed by atoms with E-state index < -0.39 is 0 Å². The van der Waals surface area contributed by atoms with E-state index in [1.165, 1.54) is 25.7 Å². The standard InChI is InChI=1S/C10H19Cl2N/c1-10(7-11,8-12)13-6-9-4-2-3-5-9/h9,13H,2-8H2,1H3. The molecule has 1 nitrogen and oxygen atoms in total. The Morgan fingerprint density at radius 1 is 1.23 bits per heavy atom. The van der Waals surface area contributed by atoms with Crippen LogP contribution >= 0.6 is 23.2 Å². The Morgan fingerprint density at radius 2 is 1.77 bits per heavy atom. The quantitative estimate of drug-likeness (QED) is 0.708. The van der Waals surface area contributed by atoms with Crippen LogP contribution in [0.1, 0.15) is 32.6 Å². The van der Waals surface area contributed by atoms with Gasteiger partial charge in [-0.05, 0) is 32.2 Å². The Bertz CT molecular complexity index is 140. The molecule has 1 N–H and O–H groups in total. The highest BCUT2D eigenvalue weighted by atomic mass is 35.5. The topological polar surface area (TPSA) is 12.0 Å². The van der Waals surface area contributed by atoms with Crippen LogP contribution in [0.2, 0.25) is 0 Å². The van der Waals surface area contributed by atoms with E-state index in [0.29, 0.717) is 11.8 Å². The molecule has 78 valence electrons. The summed E-state index contributed by atoms with van der Waals surface area (Å²) in [7, 11) is 0. The summed E-state index contributed by atoms with van der Waals surface area (Å²) in [4.78, 5) is 0. The molecule has 1 aliphatic rings. The lowest BCUT2D eigenvalue weighted by atomic mass is 10.0. The van der Waals surface area contributed by atoms with E-state index >= 15 is 0 Å². The molecule has 0 aliphatic heterocycles. The van der Waals surface area contributed by atoms with Crippen LogP contribution in [0, 0.1) is 5.92 Å². The molecule has 13 heavy (non-hydrogen) atoms. The molecule has 0 aromatic rings. The van der Waals surface area contributed by atoms with Crippen LogP contribution in [-0.4, -0.2) is 23.8 Å². The molecular formula is C10H19Cl2N. The normalized spacial score (nSPS) is 19.6. The van der Waals surface area contributed by atoms with E-state index in [2.05, 4.69) is 12.2 Å². The fourth-order valence-corrected chi connectivity index (χ4v) is 2.21. The van der Waals surface area contributed by atoms with Crippen molar-refractivity contribution in [3.05, 3.63) is 0 Å². The van der Waals surface area contributed by atoms with Crippen molar-refractivity contribution in [2.75, 3.05) is 18.3 Å². The van der Waals surface area contributed by atoms with Crippen molar-refractivity contribution < 1.29 is 0 Å². The summed E-state index contributed by atoms with van der Waals surface area (Å²) in [5.41, 5.74) is -0.0777. The first-order valence-electron chi connectivity index (χ1n) is 5.07. The minimum absolute atomic E-state index is 0.0777. The molecule has 0 unspecified atom stereocenters. The first kappa shape index (κ1) is 11.6. The third-order valence-corrected chi connectivity index (χ3v) is 4.06. The van der Waals surface area contributed by atoms with Gasteiger partial charge in [0.25, 0.3) is 0 Å². The Labute approximate surface area is 91.2 Å². The summed E-state index contributed by atoms with van der Waals surface area (Å²) in [5.74, 6) is 2.03. The monoisotopic (exact) mass is 223 g/mol. The van der Waals surface area contributed by atoms with Gasteiger partial charge in [-0.2, -0.15) is 0 Å². The van der Waals surface area contributed by atoms with Gasteiger partial charge in [0.05, 0.1) is 0 Å². The molecule has 0 bridgehead atoms. The van der Waals surface area contributed by atoms with Crippen molar-refractivity contribution in [3.63, 3.8) is 0 Å². The number of hydrogen-bond donors (Lipinski definition) is 1. The molecule has 0 atom stereocenters. The second-order valence-electron chi connectivity index (χ2n) is 4.36. The van der Waals surface area contributed by atoms with Gasteiger partial charge in [-0.3, -0.25) is 0 Å². The van der Waals surface area contributed by atoms with Crippen molar-refractivity contribution in [2.45, 2.75) is 38.1 Å². The molecular weight excluding hydrogens is 205 g/mol.